The van der Waals surface area contributed by atoms with Gasteiger partial charge in [0.1, 0.15) is 0 Å². The first kappa shape index (κ1) is 9.09. The second-order valence-corrected chi connectivity index (χ2v) is 4.29. The topological polar surface area (TPSA) is 0 Å². The lowest BCUT2D eigenvalue weighted by atomic mass is 9.74. The molecule has 0 heteroatoms. The molecule has 0 unspecified atom stereocenters. The summed E-state index contributed by atoms with van der Waals surface area (Å²) in [4.78, 5) is 0. The predicted octanol–water partition coefficient (Wildman–Crippen LogP) is 4.00. The van der Waals surface area contributed by atoms with Crippen LogP contribution < -0.4 is 0 Å². The Bertz CT molecular complexity index is 90.2. The van der Waals surface area contributed by atoms with E-state index in [4.69, 9.17) is 0 Å². The van der Waals surface area contributed by atoms with E-state index in [0.717, 1.165) is 11.8 Å². The lowest BCUT2D eigenvalue weighted by Gasteiger charge is -2.32. The van der Waals surface area contributed by atoms with Crippen LogP contribution >= 0.6 is 0 Å². The monoisotopic (exact) mass is 154 g/mol. The molecule has 0 saturated heterocycles. The molecule has 0 aliphatic heterocycles. The molecule has 0 amide bonds. The summed E-state index contributed by atoms with van der Waals surface area (Å²) in [5.41, 5.74) is 0. The molecule has 1 aliphatic carbocycles. The fourth-order valence-electron chi connectivity index (χ4n) is 2.16. The number of rotatable bonds is 5. The van der Waals surface area contributed by atoms with Crippen LogP contribution in [0.5, 0.6) is 0 Å². The fourth-order valence-corrected chi connectivity index (χ4v) is 2.16. The SMILES string of the molecule is CCCCCCC1CC(C)C1. The van der Waals surface area contributed by atoms with Crippen molar-refractivity contribution in [1.29, 1.82) is 0 Å². The van der Waals surface area contributed by atoms with Crippen molar-refractivity contribution >= 4 is 0 Å². The first-order chi connectivity index (χ1) is 5.33. The Kier molecular flexibility index (Phi) is 3.96. The van der Waals surface area contributed by atoms with Crippen LogP contribution in [0.3, 0.4) is 0 Å². The van der Waals surface area contributed by atoms with Crippen molar-refractivity contribution in [2.75, 3.05) is 0 Å². The maximum atomic E-state index is 2.38. The third-order valence-corrected chi connectivity index (χ3v) is 2.94. The molecule has 0 nitrogen and oxygen atoms in total. The van der Waals surface area contributed by atoms with Crippen molar-refractivity contribution in [1.82, 2.24) is 0 Å². The van der Waals surface area contributed by atoms with Gasteiger partial charge in [-0.3, -0.25) is 0 Å². The molecule has 1 rings (SSSR count). The van der Waals surface area contributed by atoms with Gasteiger partial charge in [-0.15, -0.1) is 0 Å². The maximum absolute atomic E-state index is 2.38. The van der Waals surface area contributed by atoms with E-state index in [9.17, 15) is 0 Å². The van der Waals surface area contributed by atoms with E-state index in [-0.39, 0.29) is 0 Å². The summed E-state index contributed by atoms with van der Waals surface area (Å²) in [6, 6.07) is 0. The van der Waals surface area contributed by atoms with Crippen LogP contribution in [0.15, 0.2) is 0 Å². The highest BCUT2D eigenvalue weighted by Crippen LogP contribution is 2.36. The van der Waals surface area contributed by atoms with Gasteiger partial charge in [-0.05, 0) is 24.7 Å². The van der Waals surface area contributed by atoms with Crippen molar-refractivity contribution in [3.8, 4) is 0 Å². The van der Waals surface area contributed by atoms with Crippen LogP contribution in [0.1, 0.15) is 58.8 Å². The smallest absolute Gasteiger partial charge is 0.0409 e. The highest BCUT2D eigenvalue weighted by atomic mass is 14.3. The van der Waals surface area contributed by atoms with E-state index in [1.54, 1.807) is 0 Å². The minimum absolute atomic E-state index is 1.05. The zero-order valence-electron chi connectivity index (χ0n) is 8.10. The van der Waals surface area contributed by atoms with E-state index in [0.29, 0.717) is 0 Å². The van der Waals surface area contributed by atoms with Gasteiger partial charge in [0.25, 0.3) is 0 Å². The second kappa shape index (κ2) is 4.79. The lowest BCUT2D eigenvalue weighted by Crippen LogP contribution is -2.20. The van der Waals surface area contributed by atoms with Crippen LogP contribution in [0.25, 0.3) is 0 Å². The Hall–Kier alpha value is 0. The molecule has 0 atom stereocenters. The standard InChI is InChI=1S/C11H22/c1-3-4-5-6-7-11-8-10(2)9-11/h10-11H,3-9H2,1-2H3. The minimum Gasteiger partial charge on any atom is -0.0654 e. The van der Waals surface area contributed by atoms with Crippen LogP contribution in [0.4, 0.5) is 0 Å². The van der Waals surface area contributed by atoms with Crippen LogP contribution in [-0.2, 0) is 0 Å². The van der Waals surface area contributed by atoms with Gasteiger partial charge in [0, 0.05) is 0 Å². The van der Waals surface area contributed by atoms with Gasteiger partial charge in [-0.1, -0.05) is 46.0 Å². The molecule has 11 heavy (non-hydrogen) atoms. The molecule has 0 N–H and O–H groups in total. The third-order valence-electron chi connectivity index (χ3n) is 2.94. The molecular formula is C11H22. The Balaban J connectivity index is 1.81. The molecule has 0 radical (unpaired) electrons. The average Bonchev–Trinajstić information content (AvgIpc) is 1.94. The van der Waals surface area contributed by atoms with Gasteiger partial charge in [0.05, 0.1) is 0 Å². The first-order valence-corrected chi connectivity index (χ1v) is 5.33. The zero-order valence-corrected chi connectivity index (χ0v) is 8.10. The number of unbranched alkanes of at least 4 members (excludes halogenated alkanes) is 3. The van der Waals surface area contributed by atoms with Gasteiger partial charge in [0.15, 0.2) is 0 Å². The molecule has 1 fully saturated rings. The molecule has 0 spiro atoms. The van der Waals surface area contributed by atoms with Crippen molar-refractivity contribution in [3.63, 3.8) is 0 Å². The van der Waals surface area contributed by atoms with Gasteiger partial charge in [-0.2, -0.15) is 0 Å². The van der Waals surface area contributed by atoms with E-state index in [2.05, 4.69) is 13.8 Å². The minimum atomic E-state index is 1.05. The molecule has 1 aliphatic rings. The van der Waals surface area contributed by atoms with Gasteiger partial charge in [-0.25, -0.2) is 0 Å². The van der Waals surface area contributed by atoms with Crippen molar-refractivity contribution in [2.24, 2.45) is 11.8 Å². The van der Waals surface area contributed by atoms with Gasteiger partial charge in [0.2, 0.25) is 0 Å². The molecule has 66 valence electrons. The highest BCUT2D eigenvalue weighted by molar-refractivity contribution is 4.75. The molecule has 0 aromatic heterocycles. The number of hydrogen-bond donors (Lipinski definition) is 0. The Labute approximate surface area is 71.4 Å². The van der Waals surface area contributed by atoms with Crippen molar-refractivity contribution in [2.45, 2.75) is 58.8 Å². The van der Waals surface area contributed by atoms with Crippen LogP contribution in [0, 0.1) is 11.8 Å². The van der Waals surface area contributed by atoms with Crippen molar-refractivity contribution in [3.05, 3.63) is 0 Å². The summed E-state index contributed by atoms with van der Waals surface area (Å²) in [6.45, 7) is 4.66. The largest absolute Gasteiger partial charge is 0.0654 e. The molecule has 0 aromatic carbocycles. The highest BCUT2D eigenvalue weighted by Gasteiger charge is 2.23. The summed E-state index contributed by atoms with van der Waals surface area (Å²) in [7, 11) is 0. The Morgan fingerprint density at radius 1 is 1.09 bits per heavy atom. The molecule has 0 heterocycles. The van der Waals surface area contributed by atoms with Crippen LogP contribution in [-0.4, -0.2) is 0 Å². The average molecular weight is 154 g/mol. The maximum Gasteiger partial charge on any atom is -0.0409 e. The fraction of sp³-hybridized carbons (Fsp3) is 1.00. The Morgan fingerprint density at radius 2 is 1.82 bits per heavy atom. The summed E-state index contributed by atoms with van der Waals surface area (Å²) < 4.78 is 0. The third kappa shape index (κ3) is 3.27. The number of hydrogen-bond acceptors (Lipinski definition) is 0. The quantitative estimate of drug-likeness (QED) is 0.525. The van der Waals surface area contributed by atoms with Gasteiger partial charge >= 0.3 is 0 Å². The molecule has 1 saturated carbocycles. The first-order valence-electron chi connectivity index (χ1n) is 5.33. The van der Waals surface area contributed by atoms with E-state index in [1.807, 2.05) is 0 Å². The molecular weight excluding hydrogens is 132 g/mol. The summed E-state index contributed by atoms with van der Waals surface area (Å²) in [6.07, 6.45) is 10.3. The van der Waals surface area contributed by atoms with Gasteiger partial charge < -0.3 is 0 Å². The Morgan fingerprint density at radius 3 is 2.36 bits per heavy atom. The summed E-state index contributed by atoms with van der Waals surface area (Å²) in [5.74, 6) is 2.16. The van der Waals surface area contributed by atoms with E-state index in [1.165, 1.54) is 44.9 Å². The normalized spacial score (nSPS) is 30.0. The summed E-state index contributed by atoms with van der Waals surface area (Å²) in [5, 5.41) is 0. The lowest BCUT2D eigenvalue weighted by molar-refractivity contribution is 0.195. The van der Waals surface area contributed by atoms with E-state index >= 15 is 0 Å². The zero-order chi connectivity index (χ0) is 8.10. The molecule has 0 aromatic rings. The second-order valence-electron chi connectivity index (χ2n) is 4.29. The van der Waals surface area contributed by atoms with Crippen LogP contribution in [0.2, 0.25) is 0 Å². The van der Waals surface area contributed by atoms with E-state index < -0.39 is 0 Å². The predicted molar refractivity (Wildman–Crippen MR) is 50.6 cm³/mol. The summed E-state index contributed by atoms with van der Waals surface area (Å²) >= 11 is 0. The molecule has 0 bridgehead atoms. The van der Waals surface area contributed by atoms with Crippen molar-refractivity contribution < 1.29 is 0 Å².